The van der Waals surface area contributed by atoms with Gasteiger partial charge in [0.05, 0.1) is 25.6 Å². The van der Waals surface area contributed by atoms with Crippen molar-refractivity contribution in [1.82, 2.24) is 9.69 Å². The summed E-state index contributed by atoms with van der Waals surface area (Å²) in [6, 6.07) is 9.49. The van der Waals surface area contributed by atoms with E-state index in [1.165, 1.54) is 31.3 Å². The number of carbonyl (C=O) groups is 3. The highest BCUT2D eigenvalue weighted by Crippen LogP contribution is 2.40. The lowest BCUT2D eigenvalue weighted by atomic mass is 10.0. The van der Waals surface area contributed by atoms with Crippen molar-refractivity contribution in [3.05, 3.63) is 58.6 Å². The van der Waals surface area contributed by atoms with Crippen molar-refractivity contribution in [3.8, 4) is 17.2 Å². The average Bonchev–Trinajstić information content (AvgIpc) is 3.28. The highest BCUT2D eigenvalue weighted by molar-refractivity contribution is 7.09. The summed E-state index contributed by atoms with van der Waals surface area (Å²) in [5.41, 5.74) is 11.7. The van der Waals surface area contributed by atoms with Gasteiger partial charge in [0.1, 0.15) is 28.2 Å². The fourth-order valence-corrected chi connectivity index (χ4v) is 4.49. The second kappa shape index (κ2) is 12.3. The van der Waals surface area contributed by atoms with Gasteiger partial charge in [0, 0.05) is 12.6 Å². The van der Waals surface area contributed by atoms with Crippen LogP contribution in [0, 0.1) is 5.92 Å². The molecule has 2 aromatic carbocycles. The quantitative estimate of drug-likeness (QED) is 0.287. The van der Waals surface area contributed by atoms with E-state index in [1.807, 2.05) is 13.8 Å². The fraction of sp³-hybridized carbons (Fsp3) is 0.308. The number of amides is 3. The molecule has 202 valence electrons. The number of anilines is 2. The molecule has 1 atom stereocenters. The van der Waals surface area contributed by atoms with Gasteiger partial charge in [-0.2, -0.15) is 4.37 Å². The minimum Gasteiger partial charge on any atom is -0.508 e. The van der Waals surface area contributed by atoms with Gasteiger partial charge in [-0.25, -0.2) is 0 Å². The van der Waals surface area contributed by atoms with Crippen LogP contribution >= 0.6 is 11.5 Å². The number of rotatable bonds is 11. The number of phenols is 1. The number of nitrogens with two attached hydrogens (primary N) is 2. The monoisotopic (exact) mass is 541 g/mol. The summed E-state index contributed by atoms with van der Waals surface area (Å²) < 4.78 is 14.8. The largest absolute Gasteiger partial charge is 0.508 e. The number of aromatic hydroxyl groups is 1. The Morgan fingerprint density at radius 2 is 1.79 bits per heavy atom. The minimum absolute atomic E-state index is 0.00887. The number of nitrogen functional groups attached to an aromatic ring is 1. The Labute approximate surface area is 224 Å². The van der Waals surface area contributed by atoms with Crippen LogP contribution in [0.2, 0.25) is 0 Å². The molecule has 0 saturated heterocycles. The predicted octanol–water partition coefficient (Wildman–Crippen LogP) is 3.10. The third-order valence-electron chi connectivity index (χ3n) is 5.76. The zero-order chi connectivity index (χ0) is 28.0. The molecule has 0 saturated carbocycles. The first kappa shape index (κ1) is 28.3. The summed E-state index contributed by atoms with van der Waals surface area (Å²) in [5, 5.41) is 12.8. The molecule has 38 heavy (non-hydrogen) atoms. The number of nitrogens with one attached hydrogen (secondary N) is 1. The Balaban J connectivity index is 2.24. The maximum absolute atomic E-state index is 14.1. The number of ether oxygens (including phenoxy) is 2. The van der Waals surface area contributed by atoms with Crippen LogP contribution in [0.1, 0.15) is 52.0 Å². The Kier molecular flexibility index (Phi) is 9.13. The summed E-state index contributed by atoms with van der Waals surface area (Å²) in [5.74, 6) is -1.01. The Morgan fingerprint density at radius 1 is 1.11 bits per heavy atom. The summed E-state index contributed by atoms with van der Waals surface area (Å²) in [4.78, 5) is 40.8. The van der Waals surface area contributed by atoms with E-state index in [4.69, 9.17) is 20.9 Å². The molecule has 0 fully saturated rings. The Hall–Kier alpha value is -4.32. The highest BCUT2D eigenvalue weighted by atomic mass is 32.1. The average molecular weight is 542 g/mol. The molecule has 0 aliphatic carbocycles. The number of phenolic OH excluding ortho intramolecular Hbond substituents is 1. The molecule has 11 nitrogen and oxygen atoms in total. The van der Waals surface area contributed by atoms with E-state index in [0.717, 1.165) is 6.42 Å². The SMILES string of the molecule is COc1ccc(N(C(=O)c2snc(C(N)=O)c2N)[C@H](C(=O)NCCC(C)C)c2ccc(O)cc2)c(OC)c1. The molecule has 3 rings (SSSR count). The number of carbonyl (C=O) groups excluding carboxylic acids is 3. The van der Waals surface area contributed by atoms with E-state index in [9.17, 15) is 19.5 Å². The molecule has 1 aromatic heterocycles. The lowest BCUT2D eigenvalue weighted by molar-refractivity contribution is -0.122. The number of primary amides is 1. The molecule has 0 radical (unpaired) electrons. The fourth-order valence-electron chi connectivity index (χ4n) is 3.74. The normalized spacial score (nSPS) is 11.6. The summed E-state index contributed by atoms with van der Waals surface area (Å²) >= 11 is 0.701. The molecular weight excluding hydrogens is 510 g/mol. The number of hydrogen-bond donors (Lipinski definition) is 4. The van der Waals surface area contributed by atoms with Crippen LogP contribution in [0.15, 0.2) is 42.5 Å². The van der Waals surface area contributed by atoms with Gasteiger partial charge in [0.25, 0.3) is 11.8 Å². The van der Waals surface area contributed by atoms with Gasteiger partial charge in [-0.1, -0.05) is 26.0 Å². The van der Waals surface area contributed by atoms with Crippen molar-refractivity contribution in [2.24, 2.45) is 11.7 Å². The number of methoxy groups -OCH3 is 2. The summed E-state index contributed by atoms with van der Waals surface area (Å²) in [6.45, 7) is 4.44. The van der Waals surface area contributed by atoms with Crippen LogP contribution < -0.4 is 31.2 Å². The van der Waals surface area contributed by atoms with Crippen molar-refractivity contribution in [3.63, 3.8) is 0 Å². The lowest BCUT2D eigenvalue weighted by Gasteiger charge is -2.32. The number of benzene rings is 2. The van der Waals surface area contributed by atoms with E-state index in [0.29, 0.717) is 35.3 Å². The first-order chi connectivity index (χ1) is 18.1. The zero-order valence-electron chi connectivity index (χ0n) is 21.6. The highest BCUT2D eigenvalue weighted by Gasteiger charge is 2.37. The summed E-state index contributed by atoms with van der Waals surface area (Å²) in [6.07, 6.45) is 0.720. The predicted molar refractivity (Wildman–Crippen MR) is 145 cm³/mol. The molecule has 0 aliphatic heterocycles. The first-order valence-electron chi connectivity index (χ1n) is 11.8. The van der Waals surface area contributed by atoms with Crippen LogP contribution in [0.25, 0.3) is 0 Å². The van der Waals surface area contributed by atoms with Gasteiger partial charge in [0.2, 0.25) is 5.91 Å². The van der Waals surface area contributed by atoms with E-state index in [1.54, 1.807) is 30.3 Å². The van der Waals surface area contributed by atoms with Crippen molar-refractivity contribution >= 4 is 40.6 Å². The Morgan fingerprint density at radius 3 is 2.34 bits per heavy atom. The van der Waals surface area contributed by atoms with E-state index >= 15 is 0 Å². The first-order valence-corrected chi connectivity index (χ1v) is 12.5. The zero-order valence-corrected chi connectivity index (χ0v) is 22.4. The molecule has 0 bridgehead atoms. The van der Waals surface area contributed by atoms with Crippen LogP contribution in [-0.2, 0) is 4.79 Å². The van der Waals surface area contributed by atoms with Crippen molar-refractivity contribution in [2.45, 2.75) is 26.3 Å². The topological polar surface area (TPSA) is 170 Å². The summed E-state index contributed by atoms with van der Waals surface area (Å²) in [7, 11) is 2.91. The molecule has 12 heteroatoms. The van der Waals surface area contributed by atoms with Crippen LogP contribution in [0.3, 0.4) is 0 Å². The van der Waals surface area contributed by atoms with Crippen LogP contribution in [0.4, 0.5) is 11.4 Å². The molecule has 0 aliphatic rings. The third kappa shape index (κ3) is 6.14. The van der Waals surface area contributed by atoms with Crippen molar-refractivity contribution in [1.29, 1.82) is 0 Å². The van der Waals surface area contributed by atoms with Gasteiger partial charge >= 0.3 is 0 Å². The molecule has 3 amide bonds. The van der Waals surface area contributed by atoms with E-state index < -0.39 is 23.8 Å². The second-order valence-corrected chi connectivity index (χ2v) is 9.59. The standard InChI is InChI=1S/C26H31N5O6S/c1-14(2)11-12-29-25(34)22(15-5-7-16(32)8-6-15)31(18-10-9-17(36-3)13-19(18)37-4)26(35)23-20(27)21(24(28)33)30-38-23/h5-10,13-14,22,32H,11-12,27H2,1-4H3,(H2,28,33)(H,29,34)/t22-/m0/s1. The van der Waals surface area contributed by atoms with Gasteiger partial charge in [-0.3, -0.25) is 19.3 Å². The smallest absolute Gasteiger partial charge is 0.273 e. The molecule has 6 N–H and O–H groups in total. The van der Waals surface area contributed by atoms with Crippen molar-refractivity contribution in [2.75, 3.05) is 31.4 Å². The van der Waals surface area contributed by atoms with Crippen LogP contribution in [0.5, 0.6) is 17.2 Å². The maximum atomic E-state index is 14.1. The van der Waals surface area contributed by atoms with Crippen LogP contribution in [-0.4, -0.2) is 48.0 Å². The molecule has 0 spiro atoms. The molecule has 3 aromatic rings. The molecule has 1 heterocycles. The van der Waals surface area contributed by atoms with E-state index in [2.05, 4.69) is 9.69 Å². The van der Waals surface area contributed by atoms with Gasteiger partial charge in [-0.05, 0) is 53.7 Å². The molecular formula is C26H31N5O6S. The molecule has 0 unspecified atom stereocenters. The van der Waals surface area contributed by atoms with Gasteiger partial charge < -0.3 is 31.4 Å². The van der Waals surface area contributed by atoms with Crippen molar-refractivity contribution < 1.29 is 29.0 Å². The third-order valence-corrected chi connectivity index (χ3v) is 6.61. The Bertz CT molecular complexity index is 1310. The van der Waals surface area contributed by atoms with Gasteiger partial charge in [-0.15, -0.1) is 0 Å². The number of hydrogen-bond acceptors (Lipinski definition) is 9. The lowest BCUT2D eigenvalue weighted by Crippen LogP contribution is -2.44. The number of nitrogens with zero attached hydrogens (tertiary/aromatic N) is 2. The maximum Gasteiger partial charge on any atom is 0.273 e. The number of aromatic nitrogens is 1. The van der Waals surface area contributed by atoms with Gasteiger partial charge in [0.15, 0.2) is 5.69 Å². The second-order valence-electron chi connectivity index (χ2n) is 8.82. The minimum atomic E-state index is -1.21. The van der Waals surface area contributed by atoms with E-state index in [-0.39, 0.29) is 33.4 Å².